The predicted molar refractivity (Wildman–Crippen MR) is 67.2 cm³/mol. The number of ether oxygens (including phenoxy) is 1. The van der Waals surface area contributed by atoms with Gasteiger partial charge in [0.15, 0.2) is 0 Å². The van der Waals surface area contributed by atoms with Crippen LogP contribution < -0.4 is 5.32 Å². The van der Waals surface area contributed by atoms with Crippen LogP contribution in [0.5, 0.6) is 0 Å². The van der Waals surface area contributed by atoms with Crippen LogP contribution in [0.3, 0.4) is 0 Å². The Bertz CT molecular complexity index is 297. The van der Waals surface area contributed by atoms with Gasteiger partial charge >= 0.3 is 5.97 Å². The minimum atomic E-state index is -0.989. The van der Waals surface area contributed by atoms with Crippen LogP contribution in [-0.2, 0) is 14.3 Å². The summed E-state index contributed by atoms with van der Waals surface area (Å²) in [6, 6.07) is 0. The molecule has 0 atom stereocenters. The summed E-state index contributed by atoms with van der Waals surface area (Å²) >= 11 is 0. The predicted octanol–water partition coefficient (Wildman–Crippen LogP) is 1.42. The highest BCUT2D eigenvalue weighted by Crippen LogP contribution is 2.46. The zero-order chi connectivity index (χ0) is 13.6. The second-order valence-corrected chi connectivity index (χ2v) is 5.43. The van der Waals surface area contributed by atoms with Gasteiger partial charge in [-0.15, -0.1) is 0 Å². The molecule has 0 aromatic carbocycles. The second kappa shape index (κ2) is 6.73. The number of aliphatic carboxylic acids is 1. The van der Waals surface area contributed by atoms with Gasteiger partial charge in [-0.2, -0.15) is 0 Å². The SMILES string of the molecule is CC(C)CC1(C(=O)NCCOCC(=O)O)CCC1. The van der Waals surface area contributed by atoms with Crippen molar-refractivity contribution in [3.8, 4) is 0 Å². The van der Waals surface area contributed by atoms with Crippen molar-refractivity contribution in [3.63, 3.8) is 0 Å². The van der Waals surface area contributed by atoms with Crippen LogP contribution in [0.25, 0.3) is 0 Å². The molecular formula is C13H23NO4. The third-order valence-electron chi connectivity index (χ3n) is 3.35. The summed E-state index contributed by atoms with van der Waals surface area (Å²) in [4.78, 5) is 22.3. The van der Waals surface area contributed by atoms with E-state index in [-0.39, 0.29) is 24.5 Å². The molecule has 0 bridgehead atoms. The maximum Gasteiger partial charge on any atom is 0.329 e. The molecule has 0 saturated heterocycles. The average molecular weight is 257 g/mol. The zero-order valence-corrected chi connectivity index (χ0v) is 11.2. The van der Waals surface area contributed by atoms with E-state index in [0.717, 1.165) is 25.7 Å². The third kappa shape index (κ3) is 4.29. The average Bonchev–Trinajstić information content (AvgIpc) is 2.21. The van der Waals surface area contributed by atoms with E-state index in [1.165, 1.54) is 0 Å². The minimum absolute atomic E-state index is 0.0985. The standard InChI is InChI=1S/C13H23NO4/c1-10(2)8-13(4-3-5-13)12(17)14-6-7-18-9-11(15)16/h10H,3-9H2,1-2H3,(H,14,17)(H,15,16). The number of carbonyl (C=O) groups excluding carboxylic acids is 1. The van der Waals surface area contributed by atoms with Crippen molar-refractivity contribution in [2.24, 2.45) is 11.3 Å². The first-order valence-electron chi connectivity index (χ1n) is 6.54. The fraction of sp³-hybridized carbons (Fsp3) is 0.846. The molecule has 104 valence electrons. The fourth-order valence-corrected chi connectivity index (χ4v) is 2.49. The second-order valence-electron chi connectivity index (χ2n) is 5.43. The minimum Gasteiger partial charge on any atom is -0.480 e. The Morgan fingerprint density at radius 2 is 2.06 bits per heavy atom. The molecule has 1 amide bonds. The van der Waals surface area contributed by atoms with Crippen LogP contribution in [0.2, 0.25) is 0 Å². The first-order valence-corrected chi connectivity index (χ1v) is 6.54. The number of hydrogen-bond donors (Lipinski definition) is 2. The zero-order valence-electron chi connectivity index (χ0n) is 11.2. The van der Waals surface area contributed by atoms with Crippen molar-refractivity contribution in [2.45, 2.75) is 39.5 Å². The van der Waals surface area contributed by atoms with Crippen LogP contribution in [0.4, 0.5) is 0 Å². The lowest BCUT2D eigenvalue weighted by atomic mass is 9.64. The molecule has 0 radical (unpaired) electrons. The lowest BCUT2D eigenvalue weighted by molar-refractivity contribution is -0.142. The van der Waals surface area contributed by atoms with Crippen LogP contribution in [0, 0.1) is 11.3 Å². The van der Waals surface area contributed by atoms with E-state index in [0.29, 0.717) is 12.5 Å². The Balaban J connectivity index is 2.24. The van der Waals surface area contributed by atoms with Crippen LogP contribution in [0.15, 0.2) is 0 Å². The Morgan fingerprint density at radius 3 is 2.50 bits per heavy atom. The highest BCUT2D eigenvalue weighted by molar-refractivity contribution is 5.83. The van der Waals surface area contributed by atoms with Gasteiger partial charge in [-0.3, -0.25) is 4.79 Å². The first-order chi connectivity index (χ1) is 8.46. The summed E-state index contributed by atoms with van der Waals surface area (Å²) in [7, 11) is 0. The van der Waals surface area contributed by atoms with Crippen molar-refractivity contribution in [1.82, 2.24) is 5.32 Å². The summed E-state index contributed by atoms with van der Waals surface area (Å²) in [5.74, 6) is -0.378. The summed E-state index contributed by atoms with van der Waals surface area (Å²) in [5, 5.41) is 11.2. The van der Waals surface area contributed by atoms with Crippen LogP contribution in [-0.4, -0.2) is 36.7 Å². The van der Waals surface area contributed by atoms with E-state index in [9.17, 15) is 9.59 Å². The van der Waals surface area contributed by atoms with Gasteiger partial charge in [-0.1, -0.05) is 20.3 Å². The summed E-state index contributed by atoms with van der Waals surface area (Å²) in [5.41, 5.74) is -0.180. The molecule has 0 aromatic rings. The van der Waals surface area contributed by atoms with Gasteiger partial charge in [-0.25, -0.2) is 4.79 Å². The van der Waals surface area contributed by atoms with E-state index in [4.69, 9.17) is 9.84 Å². The van der Waals surface area contributed by atoms with Gasteiger partial charge in [0.1, 0.15) is 6.61 Å². The maximum absolute atomic E-state index is 12.1. The Morgan fingerprint density at radius 1 is 1.39 bits per heavy atom. The van der Waals surface area contributed by atoms with Gasteiger partial charge in [0.2, 0.25) is 5.91 Å². The number of rotatable bonds is 8. The molecule has 1 rings (SSSR count). The van der Waals surface area contributed by atoms with Gasteiger partial charge in [0, 0.05) is 12.0 Å². The molecule has 1 saturated carbocycles. The summed E-state index contributed by atoms with van der Waals surface area (Å²) < 4.78 is 4.88. The van der Waals surface area contributed by atoms with Crippen molar-refractivity contribution in [3.05, 3.63) is 0 Å². The number of hydrogen-bond acceptors (Lipinski definition) is 3. The molecule has 1 aliphatic rings. The molecule has 2 N–H and O–H groups in total. The van der Waals surface area contributed by atoms with Crippen molar-refractivity contribution in [1.29, 1.82) is 0 Å². The van der Waals surface area contributed by atoms with Gasteiger partial charge < -0.3 is 15.2 Å². The fourth-order valence-electron chi connectivity index (χ4n) is 2.49. The van der Waals surface area contributed by atoms with E-state index < -0.39 is 5.97 Å². The number of nitrogens with one attached hydrogen (secondary N) is 1. The quantitative estimate of drug-likeness (QED) is 0.645. The molecule has 0 aromatic heterocycles. The Hall–Kier alpha value is -1.10. The maximum atomic E-state index is 12.1. The van der Waals surface area contributed by atoms with Crippen LogP contribution >= 0.6 is 0 Å². The molecule has 5 nitrogen and oxygen atoms in total. The van der Waals surface area contributed by atoms with Crippen molar-refractivity contribution < 1.29 is 19.4 Å². The van der Waals surface area contributed by atoms with Gasteiger partial charge in [-0.05, 0) is 25.2 Å². The lowest BCUT2D eigenvalue weighted by Crippen LogP contribution is -2.47. The monoisotopic (exact) mass is 257 g/mol. The van der Waals surface area contributed by atoms with E-state index in [2.05, 4.69) is 19.2 Å². The summed E-state index contributed by atoms with van der Waals surface area (Å²) in [6.07, 6.45) is 3.98. The first kappa shape index (κ1) is 15.0. The smallest absolute Gasteiger partial charge is 0.329 e. The van der Waals surface area contributed by atoms with Gasteiger partial charge in [0.05, 0.1) is 6.61 Å². The molecule has 0 unspecified atom stereocenters. The Labute approximate surface area is 108 Å². The highest BCUT2D eigenvalue weighted by atomic mass is 16.5. The van der Waals surface area contributed by atoms with E-state index in [1.807, 2.05) is 0 Å². The Kier molecular flexibility index (Phi) is 5.59. The summed E-state index contributed by atoms with van der Waals surface area (Å²) in [6.45, 7) is 4.57. The molecule has 0 aliphatic heterocycles. The number of carboxylic acids is 1. The van der Waals surface area contributed by atoms with E-state index in [1.54, 1.807) is 0 Å². The molecule has 5 heteroatoms. The molecule has 0 spiro atoms. The highest BCUT2D eigenvalue weighted by Gasteiger charge is 2.43. The lowest BCUT2D eigenvalue weighted by Gasteiger charge is -2.41. The normalized spacial score (nSPS) is 17.3. The number of carbonyl (C=O) groups is 2. The van der Waals surface area contributed by atoms with E-state index >= 15 is 0 Å². The van der Waals surface area contributed by atoms with Crippen molar-refractivity contribution >= 4 is 11.9 Å². The molecule has 1 aliphatic carbocycles. The van der Waals surface area contributed by atoms with Gasteiger partial charge in [0.25, 0.3) is 0 Å². The van der Waals surface area contributed by atoms with Crippen LogP contribution in [0.1, 0.15) is 39.5 Å². The third-order valence-corrected chi connectivity index (χ3v) is 3.35. The van der Waals surface area contributed by atoms with Crippen molar-refractivity contribution in [2.75, 3.05) is 19.8 Å². The molecule has 0 heterocycles. The molecular weight excluding hydrogens is 234 g/mol. The molecule has 1 fully saturated rings. The molecule has 18 heavy (non-hydrogen) atoms. The largest absolute Gasteiger partial charge is 0.480 e. The topological polar surface area (TPSA) is 75.6 Å². The number of carboxylic acid groups (broad SMARTS) is 1. The number of amides is 1.